The van der Waals surface area contributed by atoms with Gasteiger partial charge in [-0.2, -0.15) is 0 Å². The predicted molar refractivity (Wildman–Crippen MR) is 212 cm³/mol. The summed E-state index contributed by atoms with van der Waals surface area (Å²) in [6.07, 6.45) is 11.6. The zero-order valence-corrected chi connectivity index (χ0v) is 34.2. The molecule has 5 heterocycles. The van der Waals surface area contributed by atoms with E-state index in [0.717, 1.165) is 60.7 Å². The first-order valence-electron chi connectivity index (χ1n) is 19.2. The molecule has 0 saturated carbocycles. The number of nitrogens with zero attached hydrogens (tertiary/aromatic N) is 5. The Hall–Kier alpha value is -4.77. The summed E-state index contributed by atoms with van der Waals surface area (Å²) in [6.45, 7) is 8.80. The number of rotatable bonds is 12. The Balaban J connectivity index is 1.02. The van der Waals surface area contributed by atoms with Crippen LogP contribution in [0.25, 0.3) is 11.3 Å². The maximum absolute atomic E-state index is 13.6. The minimum Gasteiger partial charge on any atom is -0.453 e. The largest absolute Gasteiger partial charge is 0.453 e. The summed E-state index contributed by atoms with van der Waals surface area (Å²) in [5.74, 6) is 1.08. The summed E-state index contributed by atoms with van der Waals surface area (Å²) in [4.78, 5) is 81.0. The van der Waals surface area contributed by atoms with Gasteiger partial charge in [0, 0.05) is 56.1 Å². The smallest absolute Gasteiger partial charge is 0.407 e. The lowest BCUT2D eigenvalue weighted by atomic mass is 9.97. The first-order chi connectivity index (χ1) is 26.9. The second-order valence-electron chi connectivity index (χ2n) is 15.3. The molecule has 0 bridgehead atoms. The zero-order chi connectivity index (χ0) is 39.7. The number of H-pyrrole nitrogens is 2. The number of alkyl carbamates (subject to hydrolysis) is 1. The van der Waals surface area contributed by atoms with E-state index in [1.165, 1.54) is 33.8 Å². The quantitative estimate of drug-likeness (QED) is 0.146. The number of likely N-dealkylation sites (tertiary alicyclic amines) is 2. The van der Waals surface area contributed by atoms with E-state index in [1.807, 2.05) is 49.9 Å². The van der Waals surface area contributed by atoms with E-state index < -0.39 is 18.2 Å². The maximum atomic E-state index is 13.6. The van der Waals surface area contributed by atoms with Gasteiger partial charge in [-0.05, 0) is 56.1 Å². The van der Waals surface area contributed by atoms with Crippen molar-refractivity contribution < 1.29 is 29.0 Å². The highest BCUT2D eigenvalue weighted by molar-refractivity contribution is 8.09. The molecule has 56 heavy (non-hydrogen) atoms. The van der Waals surface area contributed by atoms with Crippen LogP contribution in [0.4, 0.5) is 4.79 Å². The number of aromatic nitrogens is 4. The Labute approximate surface area is 334 Å². The van der Waals surface area contributed by atoms with Crippen molar-refractivity contribution in [1.29, 1.82) is 0 Å². The number of aromatic amines is 2. The Morgan fingerprint density at radius 2 is 1.55 bits per heavy atom. The molecule has 3 aromatic rings. The van der Waals surface area contributed by atoms with Gasteiger partial charge in [-0.1, -0.05) is 74.9 Å². The van der Waals surface area contributed by atoms with Crippen LogP contribution in [0.15, 0.2) is 62.3 Å². The number of carbonyl (C=O) groups excluding carboxylic acids is 3. The van der Waals surface area contributed by atoms with Gasteiger partial charge in [0.25, 0.3) is 5.91 Å². The van der Waals surface area contributed by atoms with Gasteiger partial charge in [-0.3, -0.25) is 9.59 Å². The summed E-state index contributed by atoms with van der Waals surface area (Å²) in [7, 11) is 2.55. The van der Waals surface area contributed by atoms with E-state index in [9.17, 15) is 19.3 Å². The standard InChI is InChI=1S/C39H49N9O6S2/c1-21(2)33(44-39(51)53-5)37(49)46-15-7-9-27(46)35-40-19-25(42-35)23-11-13-29-31(17-23)56-32-18-24(12-14-30(32)55-29)26-20-41-36(43-26)28-10-8-16-47(28)38(50)34(22(3)4)45-48(52)54-6/h11-14,18-23,27-28,33-34H,7-10,15-17H2,1-6H3,(H3-,40,41,42,43,44,45,51,52)/p+1. The fraction of sp³-hybridized carbons (Fsp3) is 0.513. The molecule has 2 saturated heterocycles. The molecule has 2 aromatic heterocycles. The molecule has 3 amide bonds. The lowest BCUT2D eigenvalue weighted by Crippen LogP contribution is -2.51. The Morgan fingerprint density at radius 1 is 0.893 bits per heavy atom. The highest BCUT2D eigenvalue weighted by atomic mass is 32.2. The number of fused-ring (bicyclic) bond motifs is 1. The maximum Gasteiger partial charge on any atom is 0.407 e. The van der Waals surface area contributed by atoms with Crippen molar-refractivity contribution in [3.8, 4) is 11.3 Å². The summed E-state index contributed by atoms with van der Waals surface area (Å²) < 4.78 is 4.78. The first kappa shape index (κ1) is 39.5. The molecule has 5 unspecified atom stereocenters. The number of hydrogen-bond donors (Lipinski definition) is 4. The number of methoxy groups -OCH3 is 1. The van der Waals surface area contributed by atoms with Crippen LogP contribution in [0.1, 0.15) is 95.1 Å². The normalized spacial score (nSPS) is 21.5. The number of hydrogen-bond acceptors (Lipinski definition) is 10. The lowest BCUT2D eigenvalue weighted by Gasteiger charge is -2.30. The topological polar surface area (TPSA) is 178 Å². The van der Waals surface area contributed by atoms with Crippen LogP contribution >= 0.6 is 23.5 Å². The predicted octanol–water partition coefficient (Wildman–Crippen LogP) is 6.53. The fourth-order valence-electron chi connectivity index (χ4n) is 7.86. The minimum atomic E-state index is -0.726. The van der Waals surface area contributed by atoms with Gasteiger partial charge in [-0.15, -0.1) is 0 Å². The molecule has 2 fully saturated rings. The molecule has 3 aliphatic heterocycles. The molecule has 15 nitrogen and oxygen atoms in total. The fourth-order valence-corrected chi connectivity index (χ4v) is 10.3. The van der Waals surface area contributed by atoms with E-state index in [0.29, 0.717) is 13.1 Å². The first-order valence-corrected chi connectivity index (χ1v) is 20.8. The molecule has 5 atom stereocenters. The molecular formula is C39H50N9O6S2+. The third-order valence-electron chi connectivity index (χ3n) is 10.9. The zero-order valence-electron chi connectivity index (χ0n) is 32.5. The SMILES string of the molecule is COC(=O)NC(C(=O)N1CCCC1c1ncc(C2C=CC3=C(C2)Sc2cc(-c4cnc(C5CCCN5C(=O)C(N[N+](=O)OC)C(C)C)[nH]4)ccc2S3)[nH]1)C(C)C. The highest BCUT2D eigenvalue weighted by Gasteiger charge is 2.40. The van der Waals surface area contributed by atoms with Crippen molar-refractivity contribution >= 4 is 41.4 Å². The van der Waals surface area contributed by atoms with Crippen molar-refractivity contribution in [2.75, 3.05) is 27.3 Å². The number of amides is 3. The third-order valence-corrected chi connectivity index (χ3v) is 13.5. The van der Waals surface area contributed by atoms with Gasteiger partial charge in [0.05, 0.1) is 31.1 Å². The number of thioether (sulfide) groups is 2. The van der Waals surface area contributed by atoms with Crippen LogP contribution < -0.4 is 10.7 Å². The van der Waals surface area contributed by atoms with Crippen LogP contribution in [0.5, 0.6) is 0 Å². The van der Waals surface area contributed by atoms with Crippen molar-refractivity contribution in [2.24, 2.45) is 11.8 Å². The van der Waals surface area contributed by atoms with Crippen molar-refractivity contribution in [3.05, 3.63) is 74.8 Å². The Bertz CT molecular complexity index is 2040. The van der Waals surface area contributed by atoms with Gasteiger partial charge >= 0.3 is 11.1 Å². The number of nitrogens with one attached hydrogen (secondary N) is 4. The molecule has 7 rings (SSSR count). The van der Waals surface area contributed by atoms with E-state index in [2.05, 4.69) is 51.1 Å². The molecule has 4 N–H and O–H groups in total. The van der Waals surface area contributed by atoms with Crippen molar-refractivity contribution in [3.63, 3.8) is 0 Å². The number of hydrazine groups is 1. The second-order valence-corrected chi connectivity index (χ2v) is 17.5. The van der Waals surface area contributed by atoms with Crippen molar-refractivity contribution in [2.45, 2.75) is 99.7 Å². The van der Waals surface area contributed by atoms with E-state index in [1.54, 1.807) is 23.5 Å². The molecule has 1 aromatic carbocycles. The van der Waals surface area contributed by atoms with Crippen LogP contribution in [-0.4, -0.2) is 92.1 Å². The Kier molecular flexibility index (Phi) is 11.8. The van der Waals surface area contributed by atoms with Crippen LogP contribution in [-0.2, 0) is 19.2 Å². The number of ether oxygens (including phenoxy) is 1. The third kappa shape index (κ3) is 8.06. The minimum absolute atomic E-state index is 0.102. The molecule has 0 radical (unpaired) electrons. The number of allylic oxidation sites excluding steroid dienone is 3. The van der Waals surface area contributed by atoms with Gasteiger partial charge < -0.3 is 29.8 Å². The van der Waals surface area contributed by atoms with Gasteiger partial charge in [0.15, 0.2) is 13.2 Å². The molecule has 4 aliphatic rings. The van der Waals surface area contributed by atoms with Crippen LogP contribution in [0.3, 0.4) is 0 Å². The van der Waals surface area contributed by atoms with Gasteiger partial charge in [0.2, 0.25) is 5.91 Å². The van der Waals surface area contributed by atoms with E-state index in [-0.39, 0.29) is 46.7 Å². The number of carbonyl (C=O) groups is 3. The lowest BCUT2D eigenvalue weighted by molar-refractivity contribution is -0.839. The van der Waals surface area contributed by atoms with Crippen LogP contribution in [0.2, 0.25) is 0 Å². The summed E-state index contributed by atoms with van der Waals surface area (Å²) in [5.41, 5.74) is 5.52. The van der Waals surface area contributed by atoms with E-state index in [4.69, 9.17) is 19.5 Å². The second kappa shape index (κ2) is 16.8. The highest BCUT2D eigenvalue weighted by Crippen LogP contribution is 2.53. The summed E-state index contributed by atoms with van der Waals surface area (Å²) >= 11 is 3.56. The van der Waals surface area contributed by atoms with Crippen molar-refractivity contribution in [1.82, 2.24) is 40.5 Å². The Morgan fingerprint density at radius 3 is 2.21 bits per heavy atom. The number of imidazole rings is 2. The van der Waals surface area contributed by atoms with Crippen LogP contribution in [0, 0.1) is 16.7 Å². The molecule has 17 heteroatoms. The van der Waals surface area contributed by atoms with Gasteiger partial charge in [0.1, 0.15) is 22.6 Å². The molecule has 1 aliphatic carbocycles. The monoisotopic (exact) mass is 804 g/mol. The summed E-state index contributed by atoms with van der Waals surface area (Å²) in [5, 5.41) is 2.95. The molecule has 0 spiro atoms. The number of benzene rings is 1. The van der Waals surface area contributed by atoms with E-state index >= 15 is 0 Å². The van der Waals surface area contributed by atoms with Gasteiger partial charge in [-0.25, -0.2) is 19.6 Å². The molecule has 298 valence electrons. The molecular weight excluding hydrogens is 755 g/mol. The average Bonchev–Trinajstić information content (AvgIpc) is 4.03. The summed E-state index contributed by atoms with van der Waals surface area (Å²) in [6, 6.07) is 4.64. The average molecular weight is 805 g/mol.